The van der Waals surface area contributed by atoms with E-state index in [1.807, 2.05) is 24.3 Å². The Kier molecular flexibility index (Phi) is 4.06. The average Bonchev–Trinajstić information content (AvgIpc) is 3.28. The van der Waals surface area contributed by atoms with E-state index in [0.717, 1.165) is 0 Å². The topological polar surface area (TPSA) is 59.1 Å². The van der Waals surface area contributed by atoms with Gasteiger partial charge in [0.25, 0.3) is 0 Å². The van der Waals surface area contributed by atoms with Gasteiger partial charge in [-0.1, -0.05) is 50.6 Å². The van der Waals surface area contributed by atoms with Crippen molar-refractivity contribution in [2.75, 3.05) is 6.61 Å². The minimum absolute atomic E-state index is 0.0822. The molecule has 0 aliphatic carbocycles. The Morgan fingerprint density at radius 1 is 1.17 bits per heavy atom. The number of carboxylic acid groups (broad SMARTS) is 1. The zero-order valence-electron chi connectivity index (χ0n) is 13.8. The van der Waals surface area contributed by atoms with Crippen LogP contribution in [0.15, 0.2) is 42.5 Å². The summed E-state index contributed by atoms with van der Waals surface area (Å²) in [5.74, 6) is 0.215. The number of hydrogen-bond acceptors (Lipinski definition) is 3. The minimum atomic E-state index is -1.30. The van der Waals surface area contributed by atoms with Crippen LogP contribution in [0.2, 0.25) is 5.02 Å². The van der Waals surface area contributed by atoms with E-state index in [-0.39, 0.29) is 12.0 Å². The monoisotopic (exact) mass is 346 g/mol. The van der Waals surface area contributed by atoms with Crippen molar-refractivity contribution in [3.63, 3.8) is 0 Å². The Labute approximate surface area is 146 Å². The predicted molar refractivity (Wildman–Crippen MR) is 91.9 cm³/mol. The fourth-order valence-electron chi connectivity index (χ4n) is 2.51. The number of carboxylic acids is 1. The fraction of sp³-hybridized carbons (Fsp3) is 0.316. The highest BCUT2D eigenvalue weighted by Gasteiger charge is 2.55. The third-order valence-corrected chi connectivity index (χ3v) is 4.42. The molecule has 1 aliphatic heterocycles. The number of hydrogen-bond donors (Lipinski definition) is 1. The maximum atomic E-state index is 11.3. The molecule has 1 N–H and O–H groups in total. The summed E-state index contributed by atoms with van der Waals surface area (Å²) in [4.78, 5) is 11.3. The smallest absolute Gasteiger partial charge is 0.343 e. The standard InChI is InChI=1S/C19H19ClO4/c1-18(2,3)12-4-6-13(7-5-12)24-14-8-9-15(16(20)10-14)19(11-23-19)17(21)22/h4-10H,11H2,1-3H3,(H,21,22). The molecule has 1 fully saturated rings. The van der Waals surface area contributed by atoms with Crippen molar-refractivity contribution in [3.05, 3.63) is 58.6 Å². The molecule has 4 nitrogen and oxygen atoms in total. The van der Waals surface area contributed by atoms with E-state index in [4.69, 9.17) is 21.1 Å². The van der Waals surface area contributed by atoms with E-state index < -0.39 is 11.6 Å². The first-order valence-electron chi connectivity index (χ1n) is 7.68. The molecule has 1 heterocycles. The van der Waals surface area contributed by atoms with Crippen molar-refractivity contribution in [2.24, 2.45) is 0 Å². The Morgan fingerprint density at radius 2 is 1.75 bits per heavy atom. The number of epoxide rings is 1. The highest BCUT2D eigenvalue weighted by atomic mass is 35.5. The summed E-state index contributed by atoms with van der Waals surface area (Å²) in [6.45, 7) is 6.59. The molecule has 2 aromatic carbocycles. The molecule has 1 aliphatic rings. The van der Waals surface area contributed by atoms with Crippen LogP contribution >= 0.6 is 11.6 Å². The van der Waals surface area contributed by atoms with Gasteiger partial charge in [0.15, 0.2) is 0 Å². The largest absolute Gasteiger partial charge is 0.479 e. The predicted octanol–water partition coefficient (Wildman–Crippen LogP) is 4.74. The van der Waals surface area contributed by atoms with Gasteiger partial charge in [0.1, 0.15) is 11.5 Å². The van der Waals surface area contributed by atoms with Gasteiger partial charge in [0, 0.05) is 5.56 Å². The van der Waals surface area contributed by atoms with Gasteiger partial charge in [0.2, 0.25) is 5.60 Å². The second-order valence-electron chi connectivity index (χ2n) is 6.94. The fourth-order valence-corrected chi connectivity index (χ4v) is 2.84. The lowest BCUT2D eigenvalue weighted by atomic mass is 9.87. The molecule has 5 heteroatoms. The SMILES string of the molecule is CC(C)(C)c1ccc(Oc2ccc(C3(C(=O)O)CO3)c(Cl)c2)cc1. The lowest BCUT2D eigenvalue weighted by Crippen LogP contribution is -2.21. The summed E-state index contributed by atoms with van der Waals surface area (Å²) in [6, 6.07) is 12.8. The Bertz CT molecular complexity index is 771. The second-order valence-corrected chi connectivity index (χ2v) is 7.35. The van der Waals surface area contributed by atoms with Gasteiger partial charge >= 0.3 is 5.97 Å². The highest BCUT2D eigenvalue weighted by molar-refractivity contribution is 6.32. The first-order valence-corrected chi connectivity index (χ1v) is 8.06. The number of benzene rings is 2. The number of rotatable bonds is 4. The second kappa shape index (κ2) is 5.80. The maximum Gasteiger partial charge on any atom is 0.343 e. The van der Waals surface area contributed by atoms with Crippen LogP contribution < -0.4 is 4.74 Å². The van der Waals surface area contributed by atoms with Crippen molar-refractivity contribution in [3.8, 4) is 11.5 Å². The number of aliphatic carboxylic acids is 1. The van der Waals surface area contributed by atoms with E-state index in [1.165, 1.54) is 5.56 Å². The van der Waals surface area contributed by atoms with Crippen molar-refractivity contribution in [2.45, 2.75) is 31.8 Å². The summed E-state index contributed by atoms with van der Waals surface area (Å²) in [7, 11) is 0. The maximum absolute atomic E-state index is 11.3. The minimum Gasteiger partial charge on any atom is -0.479 e. The van der Waals surface area contributed by atoms with E-state index in [2.05, 4.69) is 20.8 Å². The van der Waals surface area contributed by atoms with E-state index in [1.54, 1.807) is 18.2 Å². The molecule has 0 bridgehead atoms. The van der Waals surface area contributed by atoms with Crippen LogP contribution in [0, 0.1) is 0 Å². The van der Waals surface area contributed by atoms with Crippen LogP contribution in [0.25, 0.3) is 0 Å². The highest BCUT2D eigenvalue weighted by Crippen LogP contribution is 2.43. The zero-order chi connectivity index (χ0) is 17.5. The van der Waals surface area contributed by atoms with Gasteiger partial charge < -0.3 is 14.6 Å². The number of carbonyl (C=O) groups is 1. The third-order valence-electron chi connectivity index (χ3n) is 4.11. The Morgan fingerprint density at radius 3 is 2.21 bits per heavy atom. The van der Waals surface area contributed by atoms with Crippen molar-refractivity contribution >= 4 is 17.6 Å². The number of halogens is 1. The molecule has 24 heavy (non-hydrogen) atoms. The van der Waals surface area contributed by atoms with Gasteiger partial charge in [0.05, 0.1) is 11.6 Å². The van der Waals surface area contributed by atoms with Crippen LogP contribution in [0.3, 0.4) is 0 Å². The van der Waals surface area contributed by atoms with Gasteiger partial charge in [-0.25, -0.2) is 4.79 Å². The van der Waals surface area contributed by atoms with Crippen molar-refractivity contribution in [1.82, 2.24) is 0 Å². The summed E-state index contributed by atoms with van der Waals surface area (Å²) in [6.07, 6.45) is 0. The molecule has 2 aromatic rings. The normalized spacial score (nSPS) is 19.8. The van der Waals surface area contributed by atoms with Gasteiger partial charge in [-0.2, -0.15) is 0 Å². The molecule has 126 valence electrons. The Balaban J connectivity index is 1.79. The van der Waals surface area contributed by atoms with Crippen LogP contribution in [0.1, 0.15) is 31.9 Å². The molecule has 0 aromatic heterocycles. The molecule has 0 spiro atoms. The van der Waals surface area contributed by atoms with Crippen molar-refractivity contribution < 1.29 is 19.4 Å². The molecule has 1 unspecified atom stereocenters. The quantitative estimate of drug-likeness (QED) is 0.812. The third kappa shape index (κ3) is 3.12. The van der Waals surface area contributed by atoms with Crippen molar-refractivity contribution in [1.29, 1.82) is 0 Å². The summed E-state index contributed by atoms with van der Waals surface area (Å²) < 4.78 is 10.9. The lowest BCUT2D eigenvalue weighted by molar-refractivity contribution is -0.143. The van der Waals surface area contributed by atoms with E-state index in [0.29, 0.717) is 22.1 Å². The molecule has 0 saturated carbocycles. The van der Waals surface area contributed by atoms with Gasteiger partial charge in [-0.3, -0.25) is 0 Å². The summed E-state index contributed by atoms with van der Waals surface area (Å²) in [5, 5.41) is 9.58. The molecule has 1 atom stereocenters. The van der Waals surface area contributed by atoms with Gasteiger partial charge in [-0.15, -0.1) is 0 Å². The summed E-state index contributed by atoms with van der Waals surface area (Å²) in [5.41, 5.74) is 0.452. The van der Waals surface area contributed by atoms with Crippen LogP contribution in [-0.4, -0.2) is 17.7 Å². The Hall–Kier alpha value is -2.04. The molecule has 0 amide bonds. The van der Waals surface area contributed by atoms with Crippen LogP contribution in [0.5, 0.6) is 11.5 Å². The molecule has 3 rings (SSSR count). The molecule has 0 radical (unpaired) electrons. The van der Waals surface area contributed by atoms with Gasteiger partial charge in [-0.05, 0) is 35.2 Å². The van der Waals surface area contributed by atoms with Crippen LogP contribution in [-0.2, 0) is 20.5 Å². The lowest BCUT2D eigenvalue weighted by Gasteiger charge is -2.19. The average molecular weight is 347 g/mol. The first kappa shape index (κ1) is 16.8. The molecule has 1 saturated heterocycles. The number of ether oxygens (including phenoxy) is 2. The zero-order valence-corrected chi connectivity index (χ0v) is 14.6. The first-order chi connectivity index (χ1) is 11.2. The van der Waals surface area contributed by atoms with Crippen LogP contribution in [0.4, 0.5) is 0 Å². The molecular weight excluding hydrogens is 328 g/mol. The van der Waals surface area contributed by atoms with E-state index >= 15 is 0 Å². The summed E-state index contributed by atoms with van der Waals surface area (Å²) >= 11 is 6.23. The molecular formula is C19H19ClO4. The van der Waals surface area contributed by atoms with E-state index in [9.17, 15) is 9.90 Å².